The van der Waals surface area contributed by atoms with Crippen LogP contribution in [-0.4, -0.2) is 38.2 Å². The number of carbonyl (C=O) groups excluding carboxylic acids is 2. The average molecular weight is 432 g/mol. The Balaban J connectivity index is 0.000000135. The molecule has 8 nitrogen and oxygen atoms in total. The van der Waals surface area contributed by atoms with Crippen molar-refractivity contribution in [3.05, 3.63) is 82.5 Å². The molecule has 164 valence electrons. The van der Waals surface area contributed by atoms with Gasteiger partial charge in [0.05, 0.1) is 0 Å². The van der Waals surface area contributed by atoms with Gasteiger partial charge in [0.2, 0.25) is 0 Å². The van der Waals surface area contributed by atoms with Gasteiger partial charge in [-0.3, -0.25) is 24.9 Å². The van der Waals surface area contributed by atoms with Gasteiger partial charge in [0, 0.05) is 47.7 Å². The molecule has 2 aromatic carbocycles. The van der Waals surface area contributed by atoms with Crippen molar-refractivity contribution in [1.29, 1.82) is 0 Å². The second-order valence-corrected chi connectivity index (χ2v) is 8.32. The molecular formula is C24H24N4O4. The van der Waals surface area contributed by atoms with Crippen LogP contribution < -0.4 is 11.0 Å². The third kappa shape index (κ3) is 3.48. The first-order valence-electron chi connectivity index (χ1n) is 10.6. The van der Waals surface area contributed by atoms with Crippen molar-refractivity contribution in [3.63, 3.8) is 0 Å². The zero-order chi connectivity index (χ0) is 22.2. The lowest BCUT2D eigenvalue weighted by atomic mass is 10.00. The average Bonchev–Trinajstić information content (AvgIpc) is 3.58. The Bertz CT molecular complexity index is 1200. The molecule has 1 aromatic heterocycles. The summed E-state index contributed by atoms with van der Waals surface area (Å²) in [5.41, 5.74) is 10.3. The number of hydrogen-bond donors (Lipinski definition) is 4. The minimum absolute atomic E-state index is 0.435. The van der Waals surface area contributed by atoms with Crippen LogP contribution in [0.5, 0.6) is 0 Å². The topological polar surface area (TPSA) is 107 Å². The summed E-state index contributed by atoms with van der Waals surface area (Å²) in [6, 6.07) is 15.8. The Morgan fingerprint density at radius 3 is 2.38 bits per heavy atom. The molecule has 1 fully saturated rings. The number of amides is 2. The molecule has 0 saturated carbocycles. The van der Waals surface area contributed by atoms with Gasteiger partial charge in [0.25, 0.3) is 11.8 Å². The van der Waals surface area contributed by atoms with E-state index in [1.54, 1.807) is 23.1 Å². The molecule has 1 saturated heterocycles. The van der Waals surface area contributed by atoms with E-state index in [1.165, 1.54) is 29.7 Å². The van der Waals surface area contributed by atoms with Crippen LogP contribution >= 0.6 is 0 Å². The van der Waals surface area contributed by atoms with E-state index in [1.807, 2.05) is 36.5 Å². The number of aromatic nitrogens is 1. The summed E-state index contributed by atoms with van der Waals surface area (Å²) in [6.45, 7) is 2.87. The van der Waals surface area contributed by atoms with Gasteiger partial charge in [-0.15, -0.1) is 0 Å². The summed E-state index contributed by atoms with van der Waals surface area (Å²) >= 11 is 0. The Morgan fingerprint density at radius 1 is 0.906 bits per heavy atom. The van der Waals surface area contributed by atoms with Crippen molar-refractivity contribution < 1.29 is 20.0 Å². The predicted octanol–water partition coefficient (Wildman–Crippen LogP) is 3.09. The maximum atomic E-state index is 11.3. The molecule has 32 heavy (non-hydrogen) atoms. The predicted molar refractivity (Wildman–Crippen MR) is 116 cm³/mol. The van der Waals surface area contributed by atoms with Gasteiger partial charge in [0.1, 0.15) is 0 Å². The van der Waals surface area contributed by atoms with E-state index in [0.29, 0.717) is 17.2 Å². The summed E-state index contributed by atoms with van der Waals surface area (Å²) in [5.74, 6) is -0.908. The van der Waals surface area contributed by atoms with Crippen LogP contribution in [0.15, 0.2) is 54.7 Å². The third-order valence-corrected chi connectivity index (χ3v) is 6.52. The smallest absolute Gasteiger partial charge is 0.274 e. The molecule has 1 atom stereocenters. The van der Waals surface area contributed by atoms with Crippen molar-refractivity contribution in [1.82, 2.24) is 20.4 Å². The minimum atomic E-state index is -0.473. The molecule has 0 radical (unpaired) electrons. The molecule has 4 N–H and O–H groups in total. The lowest BCUT2D eigenvalue weighted by Crippen LogP contribution is -2.18. The molecule has 3 aliphatic heterocycles. The lowest BCUT2D eigenvalue weighted by Gasteiger charge is -2.13. The summed E-state index contributed by atoms with van der Waals surface area (Å²) in [5, 5.41) is 17.2. The van der Waals surface area contributed by atoms with Gasteiger partial charge in [0.15, 0.2) is 0 Å². The SMILES string of the molecule is O=C(NO)c1ccc2c(c1)CN1CCC[C@@H]21.O=C(NO)c1ccc2c(c1)Cn1cccc1-2. The number of benzene rings is 2. The molecule has 4 heterocycles. The van der Waals surface area contributed by atoms with Gasteiger partial charge in [-0.25, -0.2) is 11.0 Å². The van der Waals surface area contributed by atoms with Crippen LogP contribution in [0, 0.1) is 0 Å². The molecule has 0 unspecified atom stereocenters. The highest BCUT2D eigenvalue weighted by Crippen LogP contribution is 2.41. The summed E-state index contributed by atoms with van der Waals surface area (Å²) in [4.78, 5) is 25.0. The number of carbonyl (C=O) groups is 2. The summed E-state index contributed by atoms with van der Waals surface area (Å²) in [6.07, 6.45) is 4.50. The standard InChI is InChI=1S/C12H14N2O2.C12H10N2O2/c2*15-12(13-16)8-3-4-10-9(6-8)7-14-5-1-2-11(10)14/h3-4,6,11,16H,1-2,5,7H2,(H,13,15);1-6,16H,7H2,(H,13,15)/t11-;/m0./s1. The van der Waals surface area contributed by atoms with Crippen molar-refractivity contribution in [2.75, 3.05) is 6.54 Å². The second kappa shape index (κ2) is 8.23. The second-order valence-electron chi connectivity index (χ2n) is 8.32. The highest BCUT2D eigenvalue weighted by Gasteiger charge is 2.33. The molecule has 2 amide bonds. The zero-order valence-electron chi connectivity index (χ0n) is 17.4. The maximum Gasteiger partial charge on any atom is 0.274 e. The van der Waals surface area contributed by atoms with Gasteiger partial charge < -0.3 is 4.57 Å². The van der Waals surface area contributed by atoms with Gasteiger partial charge in [-0.1, -0.05) is 12.1 Å². The van der Waals surface area contributed by atoms with E-state index in [9.17, 15) is 9.59 Å². The van der Waals surface area contributed by atoms with Crippen LogP contribution in [-0.2, 0) is 13.1 Å². The summed E-state index contributed by atoms with van der Waals surface area (Å²) in [7, 11) is 0. The van der Waals surface area contributed by atoms with E-state index < -0.39 is 11.8 Å². The van der Waals surface area contributed by atoms with Gasteiger partial charge in [-0.2, -0.15) is 0 Å². The van der Waals surface area contributed by atoms with E-state index in [2.05, 4.69) is 15.5 Å². The highest BCUT2D eigenvalue weighted by molar-refractivity contribution is 5.94. The first-order valence-corrected chi connectivity index (χ1v) is 10.6. The van der Waals surface area contributed by atoms with E-state index in [-0.39, 0.29) is 0 Å². The Labute approximate surface area is 185 Å². The highest BCUT2D eigenvalue weighted by atomic mass is 16.5. The Kier molecular flexibility index (Phi) is 5.26. The van der Waals surface area contributed by atoms with E-state index in [4.69, 9.17) is 10.4 Å². The molecule has 6 rings (SSSR count). The fourth-order valence-corrected chi connectivity index (χ4v) is 5.02. The molecule has 3 aromatic rings. The maximum absolute atomic E-state index is 11.3. The number of fused-ring (bicyclic) bond motifs is 6. The first kappa shape index (κ1) is 20.4. The Hall–Kier alpha value is -3.46. The number of hydrogen-bond acceptors (Lipinski definition) is 5. The zero-order valence-corrected chi connectivity index (χ0v) is 17.4. The third-order valence-electron chi connectivity index (χ3n) is 6.52. The molecule has 0 bridgehead atoms. The van der Waals surface area contributed by atoms with Crippen LogP contribution in [0.3, 0.4) is 0 Å². The van der Waals surface area contributed by atoms with Crippen molar-refractivity contribution in [3.8, 4) is 11.3 Å². The van der Waals surface area contributed by atoms with Gasteiger partial charge in [-0.05, 0) is 72.5 Å². The molecule has 8 heteroatoms. The van der Waals surface area contributed by atoms with Crippen LogP contribution in [0.4, 0.5) is 0 Å². The molecule has 3 aliphatic rings. The quantitative estimate of drug-likeness (QED) is 0.288. The van der Waals surface area contributed by atoms with Crippen LogP contribution in [0.1, 0.15) is 56.3 Å². The first-order chi connectivity index (χ1) is 15.6. The van der Waals surface area contributed by atoms with E-state index >= 15 is 0 Å². The number of rotatable bonds is 2. The fourth-order valence-electron chi connectivity index (χ4n) is 5.02. The lowest BCUT2D eigenvalue weighted by molar-refractivity contribution is 0.0702. The minimum Gasteiger partial charge on any atom is -0.343 e. The van der Waals surface area contributed by atoms with E-state index in [0.717, 1.165) is 30.8 Å². The van der Waals surface area contributed by atoms with Crippen LogP contribution in [0.25, 0.3) is 11.3 Å². The largest absolute Gasteiger partial charge is 0.343 e. The number of nitrogens with zero attached hydrogens (tertiary/aromatic N) is 2. The summed E-state index contributed by atoms with van der Waals surface area (Å²) < 4.78 is 2.13. The monoisotopic (exact) mass is 432 g/mol. The Morgan fingerprint density at radius 2 is 1.62 bits per heavy atom. The molecule has 0 aliphatic carbocycles. The van der Waals surface area contributed by atoms with Crippen molar-refractivity contribution in [2.45, 2.75) is 32.0 Å². The molecular weight excluding hydrogens is 408 g/mol. The normalized spacial score (nSPS) is 17.5. The van der Waals surface area contributed by atoms with Crippen molar-refractivity contribution >= 4 is 11.8 Å². The number of nitrogens with one attached hydrogen (secondary N) is 2. The molecule has 0 spiro atoms. The fraction of sp³-hybridized carbons (Fsp3) is 0.250. The van der Waals surface area contributed by atoms with Crippen LogP contribution in [0.2, 0.25) is 0 Å². The van der Waals surface area contributed by atoms with Crippen molar-refractivity contribution in [2.24, 2.45) is 0 Å². The van der Waals surface area contributed by atoms with Gasteiger partial charge >= 0.3 is 0 Å². The number of hydroxylamine groups is 2.